The normalized spacial score (nSPS) is 21.9. The van der Waals surface area contributed by atoms with Gasteiger partial charge < -0.3 is 24.8 Å². The molecule has 2 N–H and O–H groups in total. The average Bonchev–Trinajstić information content (AvgIpc) is 3.22. The van der Waals surface area contributed by atoms with Gasteiger partial charge in [0.2, 0.25) is 0 Å². The Balaban J connectivity index is 1.49. The van der Waals surface area contributed by atoms with E-state index in [2.05, 4.69) is 20.3 Å². The quantitative estimate of drug-likeness (QED) is 0.728. The zero-order valence-electron chi connectivity index (χ0n) is 18.9. The number of fused-ring (bicyclic) bond motifs is 1. The highest BCUT2D eigenvalue weighted by Gasteiger charge is 2.35. The number of anilines is 1. The molecule has 0 bridgehead atoms. The molecule has 0 saturated carbocycles. The van der Waals surface area contributed by atoms with E-state index in [1.165, 1.54) is 6.33 Å². The van der Waals surface area contributed by atoms with Gasteiger partial charge in [-0.3, -0.25) is 4.79 Å². The molecule has 0 radical (unpaired) electrons. The van der Waals surface area contributed by atoms with Crippen molar-refractivity contribution in [3.05, 3.63) is 29.7 Å². The number of piperidine rings is 1. The lowest BCUT2D eigenvalue weighted by atomic mass is 9.97. The van der Waals surface area contributed by atoms with Crippen molar-refractivity contribution < 1.29 is 14.3 Å². The van der Waals surface area contributed by atoms with E-state index in [1.54, 1.807) is 11.8 Å². The first-order valence-electron chi connectivity index (χ1n) is 10.9. The summed E-state index contributed by atoms with van der Waals surface area (Å²) < 4.78 is 5.40. The monoisotopic (exact) mass is 458 g/mol. The van der Waals surface area contributed by atoms with Crippen LogP contribution in [0.3, 0.4) is 0 Å². The number of rotatable bonds is 3. The number of nitrogens with zero attached hydrogens (tertiary/aromatic N) is 4. The molecule has 1 saturated heterocycles. The summed E-state index contributed by atoms with van der Waals surface area (Å²) in [5.74, 6) is 1.57. The molecule has 2 aliphatic heterocycles. The van der Waals surface area contributed by atoms with Crippen molar-refractivity contribution in [3.8, 4) is 0 Å². The van der Waals surface area contributed by atoms with Crippen molar-refractivity contribution in [2.24, 2.45) is 0 Å². The van der Waals surface area contributed by atoms with Crippen LogP contribution in [0.2, 0.25) is 0 Å². The standard InChI is InChI=1S/C22H30N6O3S/c1-14-16(26-21(30)31-22(2,3)4)6-5-9-28(14)20(29)17-12-27(10-11-32-17)19-15-7-8-23-18(15)24-13-25-19/h7-8,12-14,16H,5-6,9-11H2,1-4H3,(H,26,30)(H,23,24,25)/t14-,16-/m1/s1. The first-order valence-corrected chi connectivity index (χ1v) is 11.9. The van der Waals surface area contributed by atoms with Crippen LogP contribution in [-0.4, -0.2) is 68.4 Å². The lowest BCUT2D eigenvalue weighted by molar-refractivity contribution is -0.130. The number of alkyl carbamates (subject to hydrolysis) is 1. The number of thioether (sulfide) groups is 1. The van der Waals surface area contributed by atoms with E-state index < -0.39 is 11.7 Å². The van der Waals surface area contributed by atoms with Gasteiger partial charge in [0.25, 0.3) is 5.91 Å². The summed E-state index contributed by atoms with van der Waals surface area (Å²) in [6.07, 6.45) is 6.46. The molecule has 4 rings (SSSR count). The summed E-state index contributed by atoms with van der Waals surface area (Å²) in [6, 6.07) is 1.67. The Hall–Kier alpha value is -2.75. The minimum Gasteiger partial charge on any atom is -0.444 e. The second-order valence-corrected chi connectivity index (χ2v) is 10.2. The van der Waals surface area contributed by atoms with E-state index in [1.807, 2.05) is 56.0 Å². The van der Waals surface area contributed by atoms with Gasteiger partial charge in [-0.25, -0.2) is 14.8 Å². The van der Waals surface area contributed by atoms with Crippen LogP contribution in [-0.2, 0) is 9.53 Å². The van der Waals surface area contributed by atoms with E-state index >= 15 is 0 Å². The first-order chi connectivity index (χ1) is 15.2. The molecule has 0 aromatic carbocycles. The van der Waals surface area contributed by atoms with Crippen molar-refractivity contribution in [2.45, 2.75) is 58.2 Å². The Morgan fingerprint density at radius 3 is 2.88 bits per heavy atom. The smallest absolute Gasteiger partial charge is 0.407 e. The summed E-state index contributed by atoms with van der Waals surface area (Å²) in [7, 11) is 0. The zero-order chi connectivity index (χ0) is 22.9. The molecule has 172 valence electrons. The van der Waals surface area contributed by atoms with Crippen LogP contribution >= 0.6 is 11.8 Å². The van der Waals surface area contributed by atoms with E-state index in [0.717, 1.165) is 42.0 Å². The first kappa shape index (κ1) is 22.4. The molecule has 0 spiro atoms. The van der Waals surface area contributed by atoms with Crippen molar-refractivity contribution in [1.29, 1.82) is 0 Å². The third-order valence-electron chi connectivity index (χ3n) is 5.63. The van der Waals surface area contributed by atoms with E-state index in [0.29, 0.717) is 11.4 Å². The lowest BCUT2D eigenvalue weighted by Crippen LogP contribution is -2.56. The predicted molar refractivity (Wildman–Crippen MR) is 125 cm³/mol. The molecule has 1 fully saturated rings. The van der Waals surface area contributed by atoms with Gasteiger partial charge in [0.15, 0.2) is 0 Å². The molecule has 0 aliphatic carbocycles. The van der Waals surface area contributed by atoms with Crippen molar-refractivity contribution in [1.82, 2.24) is 25.2 Å². The molecule has 2 aromatic heterocycles. The molecule has 9 nitrogen and oxygen atoms in total. The van der Waals surface area contributed by atoms with Gasteiger partial charge in [-0.05, 0) is 46.6 Å². The van der Waals surface area contributed by atoms with Crippen LogP contribution in [0.1, 0.15) is 40.5 Å². The van der Waals surface area contributed by atoms with Gasteiger partial charge in [0.1, 0.15) is 23.4 Å². The van der Waals surface area contributed by atoms with E-state index in [9.17, 15) is 9.59 Å². The predicted octanol–water partition coefficient (Wildman–Crippen LogP) is 3.26. The fourth-order valence-electron chi connectivity index (χ4n) is 4.09. The van der Waals surface area contributed by atoms with Crippen molar-refractivity contribution >= 4 is 40.6 Å². The molecular formula is C22H30N6O3S. The second kappa shape index (κ2) is 9.01. The molecular weight excluding hydrogens is 428 g/mol. The Kier molecular flexibility index (Phi) is 6.32. The largest absolute Gasteiger partial charge is 0.444 e. The Labute approximate surface area is 192 Å². The average molecular weight is 459 g/mol. The maximum Gasteiger partial charge on any atom is 0.407 e. The van der Waals surface area contributed by atoms with Crippen LogP contribution in [0.15, 0.2) is 29.7 Å². The number of amides is 2. The number of hydrogen-bond donors (Lipinski definition) is 2. The highest BCUT2D eigenvalue weighted by atomic mass is 32.2. The third-order valence-corrected chi connectivity index (χ3v) is 6.61. The summed E-state index contributed by atoms with van der Waals surface area (Å²) >= 11 is 1.56. The molecule has 2 amide bonds. The van der Waals surface area contributed by atoms with Gasteiger partial charge >= 0.3 is 6.09 Å². The van der Waals surface area contributed by atoms with E-state index in [-0.39, 0.29) is 18.0 Å². The van der Waals surface area contributed by atoms with E-state index in [4.69, 9.17) is 4.74 Å². The minimum atomic E-state index is -0.559. The molecule has 2 aromatic rings. The van der Waals surface area contributed by atoms with Gasteiger partial charge in [-0.15, -0.1) is 11.8 Å². The zero-order valence-corrected chi connectivity index (χ0v) is 19.7. The third kappa shape index (κ3) is 4.85. The highest BCUT2D eigenvalue weighted by molar-refractivity contribution is 8.04. The van der Waals surface area contributed by atoms with Crippen LogP contribution in [0.4, 0.5) is 10.6 Å². The van der Waals surface area contributed by atoms with Gasteiger partial charge in [0, 0.05) is 37.3 Å². The number of hydrogen-bond acceptors (Lipinski definition) is 7. The number of nitrogens with one attached hydrogen (secondary N) is 2. The number of H-pyrrole nitrogens is 1. The Morgan fingerprint density at radius 2 is 2.09 bits per heavy atom. The molecule has 2 atom stereocenters. The SMILES string of the molecule is C[C@@H]1[C@H](NC(=O)OC(C)(C)C)CCCN1C(=O)C1=CN(c2ncnc3[nH]ccc23)CCS1. The summed E-state index contributed by atoms with van der Waals surface area (Å²) in [5, 5.41) is 3.88. The fourth-order valence-corrected chi connectivity index (χ4v) is 5.04. The number of aromatic nitrogens is 3. The van der Waals surface area contributed by atoms with Gasteiger partial charge in [-0.2, -0.15) is 0 Å². The number of likely N-dealkylation sites (tertiary alicyclic amines) is 1. The summed E-state index contributed by atoms with van der Waals surface area (Å²) in [4.78, 5) is 42.1. The van der Waals surface area contributed by atoms with Crippen LogP contribution in [0.5, 0.6) is 0 Å². The minimum absolute atomic E-state index is 0.0118. The van der Waals surface area contributed by atoms with Crippen molar-refractivity contribution in [2.75, 3.05) is 23.7 Å². The maximum absolute atomic E-state index is 13.4. The highest BCUT2D eigenvalue weighted by Crippen LogP contribution is 2.31. The molecule has 4 heterocycles. The molecule has 10 heteroatoms. The Bertz CT molecular complexity index is 1030. The topological polar surface area (TPSA) is 103 Å². The van der Waals surface area contributed by atoms with Crippen molar-refractivity contribution in [3.63, 3.8) is 0 Å². The van der Waals surface area contributed by atoms with Gasteiger partial charge in [0.05, 0.1) is 16.3 Å². The van der Waals surface area contributed by atoms with Crippen LogP contribution in [0, 0.1) is 0 Å². The number of carbonyl (C=O) groups excluding carboxylic acids is 2. The summed E-state index contributed by atoms with van der Waals surface area (Å²) in [5.41, 5.74) is 0.214. The molecule has 32 heavy (non-hydrogen) atoms. The maximum atomic E-state index is 13.4. The Morgan fingerprint density at radius 1 is 1.28 bits per heavy atom. The van der Waals surface area contributed by atoms with Crippen LogP contribution in [0.25, 0.3) is 11.0 Å². The fraction of sp³-hybridized carbons (Fsp3) is 0.545. The van der Waals surface area contributed by atoms with Gasteiger partial charge in [-0.1, -0.05) is 0 Å². The lowest BCUT2D eigenvalue weighted by Gasteiger charge is -2.40. The number of aromatic amines is 1. The molecule has 2 aliphatic rings. The second-order valence-electron chi connectivity index (χ2n) is 9.11. The van der Waals surface area contributed by atoms with Crippen LogP contribution < -0.4 is 10.2 Å². The number of carbonyl (C=O) groups is 2. The summed E-state index contributed by atoms with van der Waals surface area (Å²) in [6.45, 7) is 8.92. The number of ether oxygens (including phenoxy) is 1. The molecule has 0 unspecified atom stereocenters.